The molecule has 0 spiro atoms. The Balaban J connectivity index is 2.23. The Labute approximate surface area is 252 Å². The fraction of sp³-hybridized carbons (Fsp3) is 0.667. The number of phenolic OH excluding ortho intramolecular Hbond substituents is 1. The highest BCUT2D eigenvalue weighted by atomic mass is 32.1. The number of hydrogen-bond donors (Lipinski definition) is 2. The zero-order chi connectivity index (χ0) is 30.4. The Bertz CT molecular complexity index is 1040. The van der Waals surface area contributed by atoms with E-state index in [1.54, 1.807) is 12.1 Å². The number of ether oxygens (including phenoxy) is 1. The molecule has 0 bridgehead atoms. The number of aromatic hydroxyl groups is 1. The van der Waals surface area contributed by atoms with Crippen molar-refractivity contribution in [3.8, 4) is 5.75 Å². The van der Waals surface area contributed by atoms with Crippen LogP contribution in [0.1, 0.15) is 121 Å². The van der Waals surface area contributed by atoms with E-state index in [1.807, 2.05) is 17.5 Å². The molecule has 0 saturated carbocycles. The zero-order valence-corrected chi connectivity index (χ0v) is 27.1. The lowest BCUT2D eigenvalue weighted by Gasteiger charge is -2.36. The number of thiazole rings is 1. The summed E-state index contributed by atoms with van der Waals surface area (Å²) in [6.45, 7) is 16.3. The number of phenols is 1. The van der Waals surface area contributed by atoms with Crippen LogP contribution in [0.25, 0.3) is 0 Å². The van der Waals surface area contributed by atoms with E-state index in [0.717, 1.165) is 49.2 Å². The number of hydrogen-bond acceptors (Lipinski definition) is 6. The van der Waals surface area contributed by atoms with Gasteiger partial charge in [0.05, 0.1) is 0 Å². The van der Waals surface area contributed by atoms with Crippen molar-refractivity contribution in [1.29, 1.82) is 0 Å². The van der Waals surface area contributed by atoms with E-state index in [2.05, 4.69) is 58.7 Å². The summed E-state index contributed by atoms with van der Waals surface area (Å²) in [6, 6.07) is 7.12. The molecule has 230 valence electrons. The Morgan fingerprint density at radius 1 is 1.02 bits per heavy atom. The molecule has 2 N–H and O–H groups in total. The minimum atomic E-state index is -0.282. The normalized spacial score (nSPS) is 13.8. The molecule has 1 heterocycles. The Morgan fingerprint density at radius 3 is 2.32 bits per heavy atom. The second kappa shape index (κ2) is 18.2. The first kappa shape index (κ1) is 34.7. The van der Waals surface area contributed by atoms with Crippen LogP contribution in [0.4, 0.5) is 0 Å². The number of nitrogens with zero attached hydrogens (tertiary/aromatic N) is 2. The third-order valence-electron chi connectivity index (χ3n) is 7.22. The lowest BCUT2D eigenvalue weighted by Crippen LogP contribution is -2.44. The summed E-state index contributed by atoms with van der Waals surface area (Å²) < 4.78 is 6.32. The molecule has 0 saturated heterocycles. The minimum Gasteiger partial charge on any atom is -0.508 e. The molecular weight excluding hydrogens is 534 g/mol. The van der Waals surface area contributed by atoms with Crippen molar-refractivity contribution >= 4 is 23.2 Å². The van der Waals surface area contributed by atoms with Gasteiger partial charge in [0, 0.05) is 43.5 Å². The average molecular weight is 588 g/mol. The molecule has 1 aromatic heterocycles. The van der Waals surface area contributed by atoms with E-state index in [1.165, 1.54) is 11.3 Å². The third-order valence-corrected chi connectivity index (χ3v) is 8.15. The zero-order valence-electron chi connectivity index (χ0n) is 26.3. The van der Waals surface area contributed by atoms with Gasteiger partial charge in [-0.1, -0.05) is 67.0 Å². The van der Waals surface area contributed by atoms with E-state index in [-0.39, 0.29) is 41.7 Å². The molecule has 0 aliphatic carbocycles. The first-order chi connectivity index (χ1) is 19.6. The van der Waals surface area contributed by atoms with Crippen LogP contribution in [-0.4, -0.2) is 52.0 Å². The van der Waals surface area contributed by atoms with Crippen molar-refractivity contribution in [3.63, 3.8) is 0 Å². The van der Waals surface area contributed by atoms with Crippen LogP contribution >= 0.6 is 11.3 Å². The number of rotatable bonds is 19. The standard InChI is InChI=1S/C33H53N3O4S/c1-8-11-12-31(38)36(17-9-2)29(24(6)7)21-30(40-18-10-3)33-35-28(22-41-33)32(39)34-26(19-23(4)5)20-25-13-15-27(37)16-14-25/h13-16,22-24,26,29-30,37H,8-12,17-21H2,1-7H3,(H,34,39). The van der Waals surface area contributed by atoms with Crippen molar-refractivity contribution in [2.75, 3.05) is 13.2 Å². The number of aromatic nitrogens is 1. The Hall–Kier alpha value is -2.45. The molecule has 3 atom stereocenters. The summed E-state index contributed by atoms with van der Waals surface area (Å²) in [4.78, 5) is 33.4. The van der Waals surface area contributed by atoms with Crippen LogP contribution in [0, 0.1) is 11.8 Å². The monoisotopic (exact) mass is 587 g/mol. The molecule has 0 radical (unpaired) electrons. The maximum Gasteiger partial charge on any atom is 0.270 e. The first-order valence-electron chi connectivity index (χ1n) is 15.5. The highest BCUT2D eigenvalue weighted by molar-refractivity contribution is 7.09. The first-order valence-corrected chi connectivity index (χ1v) is 16.4. The summed E-state index contributed by atoms with van der Waals surface area (Å²) in [7, 11) is 0. The third kappa shape index (κ3) is 11.8. The van der Waals surface area contributed by atoms with Gasteiger partial charge in [-0.05, 0) is 61.6 Å². The molecule has 2 aromatic rings. The molecule has 41 heavy (non-hydrogen) atoms. The van der Waals surface area contributed by atoms with Crippen molar-refractivity contribution in [1.82, 2.24) is 15.2 Å². The highest BCUT2D eigenvalue weighted by Gasteiger charge is 2.31. The topological polar surface area (TPSA) is 91.8 Å². The summed E-state index contributed by atoms with van der Waals surface area (Å²) >= 11 is 1.46. The van der Waals surface area contributed by atoms with Gasteiger partial charge in [-0.2, -0.15) is 0 Å². The summed E-state index contributed by atoms with van der Waals surface area (Å²) in [5.41, 5.74) is 1.46. The molecule has 8 heteroatoms. The van der Waals surface area contributed by atoms with Crippen molar-refractivity contribution in [3.05, 3.63) is 45.9 Å². The summed E-state index contributed by atoms with van der Waals surface area (Å²) in [5.74, 6) is 0.934. The fourth-order valence-electron chi connectivity index (χ4n) is 5.14. The van der Waals surface area contributed by atoms with Gasteiger partial charge in [0.1, 0.15) is 22.6 Å². The molecule has 3 unspecified atom stereocenters. The molecule has 0 aliphatic rings. The second-order valence-corrected chi connectivity index (χ2v) is 12.7. The van der Waals surface area contributed by atoms with Crippen LogP contribution in [0.15, 0.2) is 29.6 Å². The van der Waals surface area contributed by atoms with Gasteiger partial charge in [0.25, 0.3) is 5.91 Å². The highest BCUT2D eigenvalue weighted by Crippen LogP contribution is 2.31. The van der Waals surface area contributed by atoms with Gasteiger partial charge >= 0.3 is 0 Å². The molecule has 0 aliphatic heterocycles. The van der Waals surface area contributed by atoms with Crippen LogP contribution in [-0.2, 0) is 16.0 Å². The molecule has 7 nitrogen and oxygen atoms in total. The van der Waals surface area contributed by atoms with Gasteiger partial charge in [-0.25, -0.2) is 4.98 Å². The smallest absolute Gasteiger partial charge is 0.270 e. The number of nitrogens with one attached hydrogen (secondary N) is 1. The van der Waals surface area contributed by atoms with Crippen molar-refractivity contribution in [2.24, 2.45) is 11.8 Å². The van der Waals surface area contributed by atoms with Crippen LogP contribution in [0.3, 0.4) is 0 Å². The molecule has 1 aromatic carbocycles. The molecule has 2 rings (SSSR count). The predicted molar refractivity (Wildman–Crippen MR) is 168 cm³/mol. The maximum atomic E-state index is 13.3. The average Bonchev–Trinajstić information content (AvgIpc) is 3.42. The minimum absolute atomic E-state index is 0.0306. The van der Waals surface area contributed by atoms with Crippen LogP contribution in [0.5, 0.6) is 5.75 Å². The van der Waals surface area contributed by atoms with Gasteiger partial charge in [-0.15, -0.1) is 11.3 Å². The molecule has 0 fully saturated rings. The van der Waals surface area contributed by atoms with Crippen LogP contribution in [0.2, 0.25) is 0 Å². The van der Waals surface area contributed by atoms with Crippen molar-refractivity contribution < 1.29 is 19.4 Å². The Kier molecular flexibility index (Phi) is 15.4. The van der Waals surface area contributed by atoms with E-state index in [0.29, 0.717) is 37.5 Å². The predicted octanol–water partition coefficient (Wildman–Crippen LogP) is 7.55. The van der Waals surface area contributed by atoms with E-state index in [9.17, 15) is 14.7 Å². The number of carbonyl (C=O) groups is 2. The second-order valence-electron chi connectivity index (χ2n) is 11.8. The largest absolute Gasteiger partial charge is 0.508 e. The fourth-order valence-corrected chi connectivity index (χ4v) is 6.00. The number of benzene rings is 1. The van der Waals surface area contributed by atoms with Gasteiger partial charge in [0.15, 0.2) is 0 Å². The SMILES string of the molecule is CCCCC(=O)N(CCC)C(CC(OCCC)c1nc(C(=O)NC(Cc2ccc(O)cc2)CC(C)C)cs1)C(C)C. The Morgan fingerprint density at radius 2 is 1.73 bits per heavy atom. The quantitative estimate of drug-likeness (QED) is 0.177. The van der Waals surface area contributed by atoms with Gasteiger partial charge in [-0.3, -0.25) is 9.59 Å². The summed E-state index contributed by atoms with van der Waals surface area (Å²) in [6.07, 6.45) is 6.14. The van der Waals surface area contributed by atoms with E-state index in [4.69, 9.17) is 9.72 Å². The number of unbranched alkanes of at least 4 members (excludes halogenated alkanes) is 1. The van der Waals surface area contributed by atoms with Crippen LogP contribution < -0.4 is 5.32 Å². The molecule has 2 amide bonds. The van der Waals surface area contributed by atoms with Gasteiger partial charge < -0.3 is 20.1 Å². The summed E-state index contributed by atoms with van der Waals surface area (Å²) in [5, 5.41) is 15.4. The van der Waals surface area contributed by atoms with Gasteiger partial charge in [0.2, 0.25) is 5.91 Å². The lowest BCUT2D eigenvalue weighted by molar-refractivity contribution is -0.135. The van der Waals surface area contributed by atoms with Crippen molar-refractivity contribution in [2.45, 2.75) is 118 Å². The number of amides is 2. The maximum absolute atomic E-state index is 13.3. The lowest BCUT2D eigenvalue weighted by atomic mass is 9.95. The number of carbonyl (C=O) groups excluding carboxylic acids is 2. The molecular formula is C33H53N3O4S. The van der Waals surface area contributed by atoms with E-state index >= 15 is 0 Å². The van der Waals surface area contributed by atoms with E-state index < -0.39 is 0 Å².